The molecule has 1 aromatic rings. The van der Waals surface area contributed by atoms with E-state index in [1.54, 1.807) is 24.3 Å². The number of hydrogen-bond acceptors (Lipinski definition) is 3. The molecule has 0 heterocycles. The first kappa shape index (κ1) is 14.4. The molecular formula is C13H18N2O2S2. The summed E-state index contributed by atoms with van der Waals surface area (Å²) in [6.07, 6.45) is 3.42. The minimum absolute atomic E-state index is 0.00468. The van der Waals surface area contributed by atoms with Crippen molar-refractivity contribution in [3.63, 3.8) is 0 Å². The molecule has 0 unspecified atom stereocenters. The van der Waals surface area contributed by atoms with Gasteiger partial charge in [0, 0.05) is 12.1 Å². The molecule has 6 heteroatoms. The Balaban J connectivity index is 1.88. The second-order valence-electron chi connectivity index (χ2n) is 4.95. The van der Waals surface area contributed by atoms with Crippen molar-refractivity contribution in [2.75, 3.05) is 6.54 Å². The number of nitrogens with one attached hydrogen (secondary N) is 1. The van der Waals surface area contributed by atoms with Gasteiger partial charge in [0.05, 0.1) is 5.75 Å². The molecule has 1 fully saturated rings. The van der Waals surface area contributed by atoms with Crippen LogP contribution in [0.4, 0.5) is 0 Å². The molecule has 0 aliphatic heterocycles. The zero-order chi connectivity index (χ0) is 13.9. The molecule has 3 N–H and O–H groups in total. The zero-order valence-electron chi connectivity index (χ0n) is 10.6. The first-order valence-corrected chi connectivity index (χ1v) is 8.38. The van der Waals surface area contributed by atoms with Crippen LogP contribution >= 0.6 is 12.2 Å². The number of benzene rings is 1. The van der Waals surface area contributed by atoms with E-state index < -0.39 is 10.0 Å². The number of thiocarbonyl (C=S) groups is 1. The lowest BCUT2D eigenvalue weighted by Crippen LogP contribution is -2.26. The summed E-state index contributed by atoms with van der Waals surface area (Å²) in [6.45, 7) is 0.540. The van der Waals surface area contributed by atoms with Gasteiger partial charge in [-0.25, -0.2) is 13.1 Å². The van der Waals surface area contributed by atoms with Crippen LogP contribution in [-0.4, -0.2) is 20.0 Å². The third-order valence-corrected chi connectivity index (χ3v) is 4.76. The van der Waals surface area contributed by atoms with Crippen molar-refractivity contribution in [2.24, 2.45) is 11.7 Å². The maximum atomic E-state index is 11.9. The fourth-order valence-corrected chi connectivity index (χ4v) is 3.16. The van der Waals surface area contributed by atoms with Gasteiger partial charge in [-0.3, -0.25) is 0 Å². The minimum Gasteiger partial charge on any atom is -0.389 e. The highest BCUT2D eigenvalue weighted by Gasteiger charge is 2.21. The van der Waals surface area contributed by atoms with E-state index in [9.17, 15) is 8.42 Å². The summed E-state index contributed by atoms with van der Waals surface area (Å²) in [5.41, 5.74) is 6.97. The standard InChI is InChI=1S/C13H18N2O2S2/c14-13(18)12-5-3-11(4-6-12)9-19(16,17)15-8-7-10-1-2-10/h3-6,10,15H,1-2,7-9H2,(H2,14,18). The van der Waals surface area contributed by atoms with E-state index >= 15 is 0 Å². The highest BCUT2D eigenvalue weighted by atomic mass is 32.2. The third kappa shape index (κ3) is 4.89. The third-order valence-electron chi connectivity index (χ3n) is 3.17. The van der Waals surface area contributed by atoms with Crippen LogP contribution in [0.2, 0.25) is 0 Å². The lowest BCUT2D eigenvalue weighted by atomic mass is 10.1. The molecule has 0 saturated heterocycles. The van der Waals surface area contributed by atoms with Gasteiger partial charge in [0.25, 0.3) is 0 Å². The Hall–Kier alpha value is -0.980. The smallest absolute Gasteiger partial charge is 0.215 e. The van der Waals surface area contributed by atoms with Gasteiger partial charge >= 0.3 is 0 Å². The minimum atomic E-state index is -3.25. The van der Waals surface area contributed by atoms with E-state index in [1.165, 1.54) is 12.8 Å². The van der Waals surface area contributed by atoms with Gasteiger partial charge in [0.1, 0.15) is 4.99 Å². The first-order valence-electron chi connectivity index (χ1n) is 6.32. The second kappa shape index (κ2) is 5.98. The van der Waals surface area contributed by atoms with E-state index in [-0.39, 0.29) is 5.75 Å². The molecule has 0 amide bonds. The average molecular weight is 298 g/mol. The molecule has 19 heavy (non-hydrogen) atoms. The normalized spacial score (nSPS) is 15.4. The quantitative estimate of drug-likeness (QED) is 0.749. The Bertz CT molecular complexity index is 549. The molecule has 104 valence electrons. The summed E-state index contributed by atoms with van der Waals surface area (Å²) in [4.78, 5) is 0.317. The van der Waals surface area contributed by atoms with Crippen LogP contribution in [0.25, 0.3) is 0 Å². The molecule has 1 saturated carbocycles. The van der Waals surface area contributed by atoms with Crippen molar-refractivity contribution < 1.29 is 8.42 Å². The predicted molar refractivity (Wildman–Crippen MR) is 80.3 cm³/mol. The summed E-state index contributed by atoms with van der Waals surface area (Å²) in [7, 11) is -3.25. The Morgan fingerprint density at radius 1 is 1.32 bits per heavy atom. The van der Waals surface area contributed by atoms with Gasteiger partial charge < -0.3 is 5.73 Å². The van der Waals surface area contributed by atoms with Crippen LogP contribution in [0.3, 0.4) is 0 Å². The van der Waals surface area contributed by atoms with Crippen molar-refractivity contribution in [1.82, 2.24) is 4.72 Å². The van der Waals surface area contributed by atoms with Crippen LogP contribution in [0.5, 0.6) is 0 Å². The monoisotopic (exact) mass is 298 g/mol. The number of hydrogen-bond donors (Lipinski definition) is 2. The Morgan fingerprint density at radius 3 is 2.47 bits per heavy atom. The van der Waals surface area contributed by atoms with Gasteiger partial charge in [-0.1, -0.05) is 49.3 Å². The van der Waals surface area contributed by atoms with Crippen molar-refractivity contribution in [2.45, 2.75) is 25.0 Å². The summed E-state index contributed by atoms with van der Waals surface area (Å²) >= 11 is 4.85. The van der Waals surface area contributed by atoms with Crippen LogP contribution in [0.1, 0.15) is 30.4 Å². The molecule has 1 aromatic carbocycles. The highest BCUT2D eigenvalue weighted by Crippen LogP contribution is 2.31. The van der Waals surface area contributed by atoms with Gasteiger partial charge in [-0.15, -0.1) is 0 Å². The van der Waals surface area contributed by atoms with Crippen LogP contribution in [-0.2, 0) is 15.8 Å². The fraction of sp³-hybridized carbons (Fsp3) is 0.462. The molecule has 0 aromatic heterocycles. The van der Waals surface area contributed by atoms with E-state index in [1.807, 2.05) is 0 Å². The lowest BCUT2D eigenvalue weighted by Gasteiger charge is -2.07. The van der Waals surface area contributed by atoms with Crippen molar-refractivity contribution in [3.8, 4) is 0 Å². The Morgan fingerprint density at radius 2 is 1.95 bits per heavy atom. The molecule has 2 rings (SSSR count). The summed E-state index contributed by atoms with van der Waals surface area (Å²) in [6, 6.07) is 6.98. The van der Waals surface area contributed by atoms with Crippen molar-refractivity contribution in [1.29, 1.82) is 0 Å². The SMILES string of the molecule is NC(=S)c1ccc(CS(=O)(=O)NCCC2CC2)cc1. The molecule has 1 aliphatic rings. The maximum Gasteiger partial charge on any atom is 0.215 e. The van der Waals surface area contributed by atoms with Gasteiger partial charge in [-0.2, -0.15) is 0 Å². The van der Waals surface area contributed by atoms with Crippen LogP contribution in [0, 0.1) is 5.92 Å². The van der Waals surface area contributed by atoms with Crippen LogP contribution < -0.4 is 10.5 Å². The van der Waals surface area contributed by atoms with Crippen LogP contribution in [0.15, 0.2) is 24.3 Å². The largest absolute Gasteiger partial charge is 0.389 e. The predicted octanol–water partition coefficient (Wildman–Crippen LogP) is 1.54. The number of sulfonamides is 1. The van der Waals surface area contributed by atoms with Gasteiger partial charge in [0.2, 0.25) is 10.0 Å². The topological polar surface area (TPSA) is 72.2 Å². The van der Waals surface area contributed by atoms with Gasteiger partial charge in [0.15, 0.2) is 0 Å². The molecule has 0 radical (unpaired) electrons. The van der Waals surface area contributed by atoms with E-state index in [0.29, 0.717) is 11.5 Å². The molecule has 0 atom stereocenters. The van der Waals surface area contributed by atoms with Gasteiger partial charge in [-0.05, 0) is 17.9 Å². The maximum absolute atomic E-state index is 11.9. The molecule has 0 spiro atoms. The summed E-state index contributed by atoms with van der Waals surface area (Å²) < 4.78 is 26.4. The van der Waals surface area contributed by atoms with Crippen molar-refractivity contribution >= 4 is 27.2 Å². The van der Waals surface area contributed by atoms with E-state index in [4.69, 9.17) is 18.0 Å². The summed E-state index contributed by atoms with van der Waals surface area (Å²) in [5, 5.41) is 0. The molecule has 4 nitrogen and oxygen atoms in total. The molecule has 0 bridgehead atoms. The number of nitrogens with two attached hydrogens (primary N) is 1. The van der Waals surface area contributed by atoms with Crippen molar-refractivity contribution in [3.05, 3.63) is 35.4 Å². The number of rotatable bonds is 7. The highest BCUT2D eigenvalue weighted by molar-refractivity contribution is 7.88. The Labute approximate surface area is 119 Å². The molecular weight excluding hydrogens is 280 g/mol. The Kier molecular flexibility index (Phi) is 4.54. The fourth-order valence-electron chi connectivity index (χ4n) is 1.86. The summed E-state index contributed by atoms with van der Waals surface area (Å²) in [5.74, 6) is 0.725. The average Bonchev–Trinajstić information content (AvgIpc) is 3.13. The first-order chi connectivity index (χ1) is 8.96. The van der Waals surface area contributed by atoms with E-state index in [2.05, 4.69) is 4.72 Å². The van der Waals surface area contributed by atoms with E-state index in [0.717, 1.165) is 23.5 Å². The lowest BCUT2D eigenvalue weighted by molar-refractivity contribution is 0.574. The molecule has 1 aliphatic carbocycles. The zero-order valence-corrected chi connectivity index (χ0v) is 12.3. The second-order valence-corrected chi connectivity index (χ2v) is 7.19.